The Morgan fingerprint density at radius 3 is 1.60 bits per heavy atom. The van der Waals surface area contributed by atoms with Crippen molar-refractivity contribution >= 4 is 82.4 Å². The Balaban J connectivity index is 1.23. The fourth-order valence-corrected chi connectivity index (χ4v) is 15.0. The van der Waals surface area contributed by atoms with Crippen molar-refractivity contribution in [2.75, 3.05) is 9.80 Å². The summed E-state index contributed by atoms with van der Waals surface area (Å²) in [4.78, 5) is 5.39. The number of nitrogens with zero attached hydrogens (tertiary/aromatic N) is 2. The van der Waals surface area contributed by atoms with Crippen molar-refractivity contribution in [1.29, 1.82) is 0 Å². The van der Waals surface area contributed by atoms with Crippen LogP contribution < -0.4 is 31.6 Å². The molecule has 5 heteroatoms. The Labute approximate surface area is 421 Å². The number of aryl methyl sites for hydroxylation is 1. The highest BCUT2D eigenvalue weighted by Gasteiger charge is 2.50. The van der Waals surface area contributed by atoms with Gasteiger partial charge in [0.1, 0.15) is 5.58 Å². The van der Waals surface area contributed by atoms with E-state index in [0.717, 1.165) is 30.5 Å². The number of hydrogen-bond acceptors (Lipinski definition) is 3. The minimum atomic E-state index is -0.947. The second-order valence-electron chi connectivity index (χ2n) is 26.6. The third kappa shape index (κ3) is 6.64. The number of benzene rings is 6. The molecule has 0 saturated carbocycles. The van der Waals surface area contributed by atoms with E-state index in [1.807, 2.05) is 0 Å². The molecule has 6 aromatic carbocycles. The molecule has 0 spiro atoms. The maximum atomic E-state index is 7.77. The van der Waals surface area contributed by atoms with E-state index < -0.39 is 8.80 Å². The Kier molecular flexibility index (Phi) is 9.76. The average Bonchev–Trinajstić information content (AvgIpc) is 3.68. The fraction of sp³-hybridized carbons (Fsp3) is 0.415. The van der Waals surface area contributed by atoms with Crippen LogP contribution in [0.2, 0.25) is 13.1 Å². The van der Waals surface area contributed by atoms with Crippen LogP contribution in [0.3, 0.4) is 0 Å². The summed E-state index contributed by atoms with van der Waals surface area (Å²) >= 11 is 0. The smallest absolute Gasteiger partial charge is 0.297 e. The summed E-state index contributed by atoms with van der Waals surface area (Å²) in [6.45, 7) is 36.8. The number of fused-ring (bicyclic) bond motifs is 9. The molecule has 1 radical (unpaired) electrons. The molecule has 5 aliphatic rings. The number of rotatable bonds is 4. The zero-order valence-corrected chi connectivity index (χ0v) is 45.9. The van der Waals surface area contributed by atoms with E-state index in [2.05, 4.69) is 216 Å². The van der Waals surface area contributed by atoms with Gasteiger partial charge in [0.05, 0.1) is 20.1 Å². The van der Waals surface area contributed by atoms with Gasteiger partial charge in [-0.2, -0.15) is 0 Å². The van der Waals surface area contributed by atoms with Crippen molar-refractivity contribution < 1.29 is 4.42 Å². The van der Waals surface area contributed by atoms with Crippen LogP contribution >= 0.6 is 0 Å². The summed E-state index contributed by atoms with van der Waals surface area (Å²) in [7, 11) is -0.947. The van der Waals surface area contributed by atoms with Crippen molar-refractivity contribution in [3.63, 3.8) is 0 Å². The molecule has 3 aliphatic carbocycles. The minimum Gasteiger partial charge on any atom is -0.468 e. The topological polar surface area (TPSA) is 19.6 Å². The van der Waals surface area contributed by atoms with Crippen molar-refractivity contribution in [3.05, 3.63) is 142 Å². The standard InChI is InChI=1S/C65H74BN2OSi/c1-39-31-53-57-54(32-39)68(52-33-41(21-24-56(52)70(14)15)40-19-17-16-18-20-40)58-43-35-46-49(65(12,13)30-27-62(46,6)7)38-55(43)69-59(58)66(57)50-36-47-48(64(10,11)29-28-63(47,8)9)37-51(50)67(53)42-22-23-44-45(34-42)61(4,5)26-25-60(44,2)3/h16-24,31-38H,25-30H2,1-15H3. The maximum Gasteiger partial charge on any atom is 0.297 e. The molecule has 0 N–H and O–H groups in total. The third-order valence-corrected chi connectivity index (χ3v) is 20.2. The molecular formula is C65H74BN2OSi. The van der Waals surface area contributed by atoms with Gasteiger partial charge < -0.3 is 14.2 Å². The normalized spacial score (nSPS) is 20.3. The van der Waals surface area contributed by atoms with Gasteiger partial charge in [-0.1, -0.05) is 151 Å². The maximum absolute atomic E-state index is 7.77. The zero-order chi connectivity index (χ0) is 49.4. The van der Waals surface area contributed by atoms with Gasteiger partial charge in [-0.3, -0.25) is 0 Å². The lowest BCUT2D eigenvalue weighted by atomic mass is 9.35. The first-order valence-electron chi connectivity index (χ1n) is 26.6. The van der Waals surface area contributed by atoms with Gasteiger partial charge in [-0.05, 0) is 193 Å². The lowest BCUT2D eigenvalue weighted by Crippen LogP contribution is -2.61. The molecule has 357 valence electrons. The van der Waals surface area contributed by atoms with Crippen LogP contribution in [-0.2, 0) is 32.5 Å². The quantitative estimate of drug-likeness (QED) is 0.164. The molecule has 0 amide bonds. The van der Waals surface area contributed by atoms with Gasteiger partial charge in [0, 0.05) is 33.8 Å². The highest BCUT2D eigenvalue weighted by molar-refractivity contribution is 7.00. The molecule has 1 aromatic heterocycles. The van der Waals surface area contributed by atoms with Gasteiger partial charge in [0.15, 0.2) is 0 Å². The van der Waals surface area contributed by atoms with Crippen LogP contribution in [0.1, 0.15) is 161 Å². The molecule has 3 nitrogen and oxygen atoms in total. The van der Waals surface area contributed by atoms with Crippen molar-refractivity contribution in [2.45, 2.75) is 174 Å². The predicted molar refractivity (Wildman–Crippen MR) is 303 cm³/mol. The largest absolute Gasteiger partial charge is 0.468 e. The molecule has 0 bridgehead atoms. The molecule has 0 fully saturated rings. The molecule has 70 heavy (non-hydrogen) atoms. The SMILES string of the molecule is Cc1cc2c3c(c1)N(c1cc(-c4ccccc4)ccc1[Si](C)C)c1c(oc4cc5c(cc14)C(C)(C)CCC5(C)C)B3c1cc3c(cc1N2c1ccc2c(c1)C(C)(C)CCC2(C)C)C(C)(C)CCC3(C)C. The Bertz CT molecular complexity index is 3340. The summed E-state index contributed by atoms with van der Waals surface area (Å²) in [5.74, 6) is 0. The lowest BCUT2D eigenvalue weighted by Gasteiger charge is -2.47. The number of furan rings is 1. The van der Waals surface area contributed by atoms with Gasteiger partial charge in [-0.15, -0.1) is 0 Å². The monoisotopic (exact) mass is 938 g/mol. The van der Waals surface area contributed by atoms with Crippen molar-refractivity contribution in [3.8, 4) is 11.1 Å². The van der Waals surface area contributed by atoms with E-state index in [-0.39, 0.29) is 39.2 Å². The molecule has 0 saturated heterocycles. The minimum absolute atomic E-state index is 0.0313. The van der Waals surface area contributed by atoms with Crippen LogP contribution in [-0.4, -0.2) is 15.5 Å². The van der Waals surface area contributed by atoms with E-state index in [1.54, 1.807) is 0 Å². The lowest BCUT2D eigenvalue weighted by molar-refractivity contribution is 0.332. The van der Waals surface area contributed by atoms with Crippen LogP contribution in [0.25, 0.3) is 22.1 Å². The summed E-state index contributed by atoms with van der Waals surface area (Å²) in [5.41, 5.74) is 25.3. The molecule has 2 aliphatic heterocycles. The van der Waals surface area contributed by atoms with Gasteiger partial charge in [0.2, 0.25) is 0 Å². The second-order valence-corrected chi connectivity index (χ2v) is 29.2. The molecule has 0 unspecified atom stereocenters. The predicted octanol–water partition coefficient (Wildman–Crippen LogP) is 15.5. The summed E-state index contributed by atoms with van der Waals surface area (Å²) in [5, 5.41) is 2.66. The van der Waals surface area contributed by atoms with Gasteiger partial charge >= 0.3 is 0 Å². The first-order valence-corrected chi connectivity index (χ1v) is 29.1. The third-order valence-electron chi connectivity index (χ3n) is 18.7. The van der Waals surface area contributed by atoms with E-state index in [1.165, 1.54) is 125 Å². The highest BCUT2D eigenvalue weighted by atomic mass is 28.3. The van der Waals surface area contributed by atoms with E-state index in [0.29, 0.717) is 0 Å². The summed E-state index contributed by atoms with van der Waals surface area (Å²) in [6, 6.07) is 41.2. The molecular weight excluding hydrogens is 864 g/mol. The van der Waals surface area contributed by atoms with Crippen LogP contribution in [0.4, 0.5) is 34.1 Å². The molecule has 3 heterocycles. The molecule has 7 aromatic rings. The van der Waals surface area contributed by atoms with E-state index >= 15 is 0 Å². The van der Waals surface area contributed by atoms with Gasteiger partial charge in [0.25, 0.3) is 6.71 Å². The highest BCUT2D eigenvalue weighted by Crippen LogP contribution is 2.55. The molecule has 12 rings (SSSR count). The Morgan fingerprint density at radius 2 is 1.00 bits per heavy atom. The second kappa shape index (κ2) is 14.9. The Hall–Kier alpha value is -5.26. The van der Waals surface area contributed by atoms with Crippen LogP contribution in [0.5, 0.6) is 0 Å². The molecule has 0 atom stereocenters. The summed E-state index contributed by atoms with van der Waals surface area (Å²) in [6.07, 6.45) is 7.02. The summed E-state index contributed by atoms with van der Waals surface area (Å²) < 4.78 is 7.77. The first-order chi connectivity index (χ1) is 32.9. The van der Waals surface area contributed by atoms with Crippen molar-refractivity contribution in [2.24, 2.45) is 0 Å². The fourth-order valence-electron chi connectivity index (χ4n) is 13.9. The van der Waals surface area contributed by atoms with E-state index in [4.69, 9.17) is 4.42 Å². The van der Waals surface area contributed by atoms with Gasteiger partial charge in [-0.25, -0.2) is 0 Å². The number of hydrogen-bond donors (Lipinski definition) is 0. The van der Waals surface area contributed by atoms with Crippen LogP contribution in [0.15, 0.2) is 108 Å². The first kappa shape index (κ1) is 45.9. The average molecular weight is 938 g/mol. The van der Waals surface area contributed by atoms with E-state index in [9.17, 15) is 0 Å². The zero-order valence-electron chi connectivity index (χ0n) is 44.9. The Morgan fingerprint density at radius 1 is 0.471 bits per heavy atom. The number of anilines is 6. The van der Waals surface area contributed by atoms with Crippen LogP contribution in [0, 0.1) is 6.92 Å². The van der Waals surface area contributed by atoms with Crippen molar-refractivity contribution in [1.82, 2.24) is 0 Å².